The molecule has 0 fully saturated rings. The van der Waals surface area contributed by atoms with Gasteiger partial charge in [0.15, 0.2) is 0 Å². The average Bonchev–Trinajstić information content (AvgIpc) is 2.57. The van der Waals surface area contributed by atoms with Gasteiger partial charge in [0.2, 0.25) is 0 Å². The maximum absolute atomic E-state index is 4.41. The molecule has 2 nitrogen and oxygen atoms in total. The minimum absolute atomic E-state index is 0.596. The van der Waals surface area contributed by atoms with Crippen molar-refractivity contribution in [3.05, 3.63) is 34.9 Å². The Balaban J connectivity index is 3.01. The van der Waals surface area contributed by atoms with Crippen LogP contribution >= 0.6 is 0 Å². The molecule has 1 N–H and O–H groups in total. The Bertz CT molecular complexity index is 411. The number of allylic oxidation sites excluding steroid dienone is 3. The number of rotatable bonds is 5. The number of nitrogens with one attached hydrogen (secondary N) is 1. The highest BCUT2D eigenvalue weighted by Gasteiger charge is 2.07. The van der Waals surface area contributed by atoms with Crippen LogP contribution in [-0.2, 0) is 0 Å². The third-order valence-corrected chi connectivity index (χ3v) is 3.00. The van der Waals surface area contributed by atoms with E-state index in [-0.39, 0.29) is 0 Å². The van der Waals surface area contributed by atoms with Crippen LogP contribution in [0.2, 0.25) is 0 Å². The molecule has 1 unspecified atom stereocenters. The number of H-pyrrole nitrogens is 1. The van der Waals surface area contributed by atoms with Crippen molar-refractivity contribution >= 4 is 6.08 Å². The van der Waals surface area contributed by atoms with Gasteiger partial charge in [0.1, 0.15) is 5.82 Å². The first kappa shape index (κ1) is 13.8. The highest BCUT2D eigenvalue weighted by Crippen LogP contribution is 2.21. The van der Waals surface area contributed by atoms with Gasteiger partial charge < -0.3 is 4.98 Å². The van der Waals surface area contributed by atoms with Crippen molar-refractivity contribution in [2.75, 3.05) is 0 Å². The predicted octanol–water partition coefficient (Wildman–Crippen LogP) is 4.42. The molecule has 1 aromatic rings. The van der Waals surface area contributed by atoms with Gasteiger partial charge in [-0.15, -0.1) is 0 Å². The van der Waals surface area contributed by atoms with Gasteiger partial charge in [-0.3, -0.25) is 0 Å². The average molecular weight is 232 g/mol. The summed E-state index contributed by atoms with van der Waals surface area (Å²) in [5.74, 6) is 1.58. The van der Waals surface area contributed by atoms with Gasteiger partial charge in [-0.25, -0.2) is 4.98 Å². The summed E-state index contributed by atoms with van der Waals surface area (Å²) in [5.41, 5.74) is 3.59. The van der Waals surface area contributed by atoms with Crippen LogP contribution in [0.1, 0.15) is 50.8 Å². The standard InChI is InChI=1S/C15H24N2/c1-6-8-11(3)14(9-7-2)10-15-12(4)16-13(5)17-15/h7,9-11H,6,8H2,1-5H3,(H,16,17)/b9-7-,14-10+. The molecule has 94 valence electrons. The second kappa shape index (κ2) is 6.43. The van der Waals surface area contributed by atoms with E-state index in [1.54, 1.807) is 0 Å². The SMILES string of the molecule is C/C=C\C(=C/c1[nH]c(C)nc1C)C(C)CCC. The molecular weight excluding hydrogens is 208 g/mol. The summed E-state index contributed by atoms with van der Waals surface area (Å²) >= 11 is 0. The first-order valence-corrected chi connectivity index (χ1v) is 6.46. The van der Waals surface area contributed by atoms with Crippen molar-refractivity contribution in [1.29, 1.82) is 0 Å². The van der Waals surface area contributed by atoms with Crippen LogP contribution in [0.25, 0.3) is 6.08 Å². The smallest absolute Gasteiger partial charge is 0.103 e. The van der Waals surface area contributed by atoms with Crippen molar-refractivity contribution in [3.8, 4) is 0 Å². The fourth-order valence-electron chi connectivity index (χ4n) is 2.08. The van der Waals surface area contributed by atoms with E-state index in [0.29, 0.717) is 5.92 Å². The van der Waals surface area contributed by atoms with E-state index in [1.807, 2.05) is 13.8 Å². The number of aryl methyl sites for hydroxylation is 2. The number of hydrogen-bond acceptors (Lipinski definition) is 1. The molecule has 1 rings (SSSR count). The quantitative estimate of drug-likeness (QED) is 0.748. The fraction of sp³-hybridized carbons (Fsp3) is 0.533. The minimum atomic E-state index is 0.596. The van der Waals surface area contributed by atoms with E-state index < -0.39 is 0 Å². The normalized spacial score (nSPS) is 14.5. The second-order valence-electron chi connectivity index (χ2n) is 4.66. The van der Waals surface area contributed by atoms with Crippen molar-refractivity contribution in [2.24, 2.45) is 5.92 Å². The third-order valence-electron chi connectivity index (χ3n) is 3.00. The summed E-state index contributed by atoms with van der Waals surface area (Å²) in [6.45, 7) is 10.6. The minimum Gasteiger partial charge on any atom is -0.343 e. The number of imidazole rings is 1. The summed E-state index contributed by atoms with van der Waals surface area (Å²) < 4.78 is 0. The molecule has 0 aliphatic rings. The number of aromatic amines is 1. The molecule has 0 aromatic carbocycles. The molecule has 0 saturated heterocycles. The van der Waals surface area contributed by atoms with Crippen LogP contribution in [-0.4, -0.2) is 9.97 Å². The molecule has 1 heterocycles. The van der Waals surface area contributed by atoms with Crippen LogP contribution < -0.4 is 0 Å². The number of aromatic nitrogens is 2. The van der Waals surface area contributed by atoms with Gasteiger partial charge in [0.25, 0.3) is 0 Å². The second-order valence-corrected chi connectivity index (χ2v) is 4.66. The summed E-state index contributed by atoms with van der Waals surface area (Å²) in [5, 5.41) is 0. The lowest BCUT2D eigenvalue weighted by molar-refractivity contribution is 0.615. The Morgan fingerprint density at radius 2 is 2.12 bits per heavy atom. The molecular formula is C15H24N2. The molecule has 0 bridgehead atoms. The lowest BCUT2D eigenvalue weighted by atomic mass is 9.95. The number of hydrogen-bond donors (Lipinski definition) is 1. The maximum Gasteiger partial charge on any atom is 0.103 e. The van der Waals surface area contributed by atoms with E-state index in [0.717, 1.165) is 17.2 Å². The Morgan fingerprint density at radius 3 is 2.59 bits per heavy atom. The van der Waals surface area contributed by atoms with Crippen molar-refractivity contribution in [1.82, 2.24) is 9.97 Å². The van der Waals surface area contributed by atoms with E-state index in [9.17, 15) is 0 Å². The largest absolute Gasteiger partial charge is 0.343 e. The maximum atomic E-state index is 4.41. The van der Waals surface area contributed by atoms with Crippen LogP contribution in [0.4, 0.5) is 0 Å². The molecule has 1 atom stereocenters. The third kappa shape index (κ3) is 3.88. The van der Waals surface area contributed by atoms with Crippen molar-refractivity contribution in [3.63, 3.8) is 0 Å². The topological polar surface area (TPSA) is 28.7 Å². The lowest BCUT2D eigenvalue weighted by Gasteiger charge is -2.11. The van der Waals surface area contributed by atoms with E-state index in [1.165, 1.54) is 18.4 Å². The van der Waals surface area contributed by atoms with Gasteiger partial charge in [-0.2, -0.15) is 0 Å². The van der Waals surface area contributed by atoms with Crippen molar-refractivity contribution < 1.29 is 0 Å². The number of nitrogens with zero attached hydrogens (tertiary/aromatic N) is 1. The van der Waals surface area contributed by atoms with Crippen LogP contribution in [0.3, 0.4) is 0 Å². The predicted molar refractivity (Wildman–Crippen MR) is 74.9 cm³/mol. The zero-order chi connectivity index (χ0) is 12.8. The van der Waals surface area contributed by atoms with Gasteiger partial charge in [0, 0.05) is 0 Å². The van der Waals surface area contributed by atoms with Gasteiger partial charge in [-0.05, 0) is 44.8 Å². The van der Waals surface area contributed by atoms with E-state index in [2.05, 4.69) is 49.0 Å². The Hall–Kier alpha value is -1.31. The van der Waals surface area contributed by atoms with Gasteiger partial charge in [-0.1, -0.05) is 32.4 Å². The molecule has 0 aliphatic carbocycles. The van der Waals surface area contributed by atoms with Crippen LogP contribution in [0, 0.1) is 19.8 Å². The summed E-state index contributed by atoms with van der Waals surface area (Å²) in [6, 6.07) is 0. The molecule has 1 aromatic heterocycles. The highest BCUT2D eigenvalue weighted by atomic mass is 14.9. The first-order chi connectivity index (χ1) is 8.08. The fourth-order valence-corrected chi connectivity index (χ4v) is 2.08. The zero-order valence-electron chi connectivity index (χ0n) is 11.7. The molecule has 0 spiro atoms. The molecule has 0 saturated carbocycles. The molecule has 0 aliphatic heterocycles. The van der Waals surface area contributed by atoms with E-state index >= 15 is 0 Å². The highest BCUT2D eigenvalue weighted by molar-refractivity contribution is 5.55. The Kier molecular flexibility index (Phi) is 5.20. The van der Waals surface area contributed by atoms with Gasteiger partial charge >= 0.3 is 0 Å². The van der Waals surface area contributed by atoms with Gasteiger partial charge in [0.05, 0.1) is 11.4 Å². The van der Waals surface area contributed by atoms with E-state index in [4.69, 9.17) is 0 Å². The molecule has 0 amide bonds. The lowest BCUT2D eigenvalue weighted by Crippen LogP contribution is -1.97. The van der Waals surface area contributed by atoms with Crippen molar-refractivity contribution in [2.45, 2.75) is 47.5 Å². The Labute approximate surface area is 105 Å². The summed E-state index contributed by atoms with van der Waals surface area (Å²) in [4.78, 5) is 7.71. The molecule has 0 radical (unpaired) electrons. The van der Waals surface area contributed by atoms with Crippen LogP contribution in [0.5, 0.6) is 0 Å². The first-order valence-electron chi connectivity index (χ1n) is 6.46. The monoisotopic (exact) mass is 232 g/mol. The summed E-state index contributed by atoms with van der Waals surface area (Å²) in [6.07, 6.45) is 8.99. The zero-order valence-corrected chi connectivity index (χ0v) is 11.7. The Morgan fingerprint density at radius 1 is 1.41 bits per heavy atom. The molecule has 2 heteroatoms. The summed E-state index contributed by atoms with van der Waals surface area (Å²) in [7, 11) is 0. The van der Waals surface area contributed by atoms with Crippen LogP contribution in [0.15, 0.2) is 17.7 Å². The molecule has 17 heavy (non-hydrogen) atoms.